The van der Waals surface area contributed by atoms with Crippen molar-refractivity contribution in [3.05, 3.63) is 53.4 Å². The van der Waals surface area contributed by atoms with E-state index in [-0.39, 0.29) is 36.8 Å². The summed E-state index contributed by atoms with van der Waals surface area (Å²) in [5.41, 5.74) is 0.372. The lowest BCUT2D eigenvalue weighted by molar-refractivity contribution is -0.138. The molecule has 2 N–H and O–H groups in total. The normalized spacial score (nSPS) is 13.7. The van der Waals surface area contributed by atoms with Crippen molar-refractivity contribution in [1.82, 2.24) is 20.4 Å². The van der Waals surface area contributed by atoms with Gasteiger partial charge >= 0.3 is 18.0 Å². The van der Waals surface area contributed by atoms with Crippen molar-refractivity contribution in [2.45, 2.75) is 13.5 Å². The Balaban J connectivity index is 1.64. The first-order valence-corrected chi connectivity index (χ1v) is 8.24. The number of nitrogens with zero attached hydrogens (tertiary/aromatic N) is 2. The molecule has 0 radical (unpaired) electrons. The standard InChI is InChI=1S/C17H18N4O6/c1-2-25-15(22)12-8-18-17(24)20-13(12)10-26-16(23)14-5-4-11(27-14)9-21-7-3-6-19-21/h3-7H,2,8-10H2,1H3,(H2,18,20,24). The van der Waals surface area contributed by atoms with Gasteiger partial charge in [0.25, 0.3) is 0 Å². The second-order valence-electron chi connectivity index (χ2n) is 5.53. The van der Waals surface area contributed by atoms with Gasteiger partial charge in [-0.25, -0.2) is 14.4 Å². The van der Waals surface area contributed by atoms with Gasteiger partial charge in [0.15, 0.2) is 0 Å². The summed E-state index contributed by atoms with van der Waals surface area (Å²) in [6, 6.07) is 4.42. The Morgan fingerprint density at radius 3 is 2.89 bits per heavy atom. The molecule has 0 saturated heterocycles. The van der Waals surface area contributed by atoms with Gasteiger partial charge in [-0.15, -0.1) is 0 Å². The number of nitrogens with one attached hydrogen (secondary N) is 2. The van der Waals surface area contributed by atoms with Crippen LogP contribution in [-0.4, -0.2) is 47.5 Å². The first-order valence-electron chi connectivity index (χ1n) is 8.24. The van der Waals surface area contributed by atoms with E-state index in [0.29, 0.717) is 12.3 Å². The number of hydrogen-bond donors (Lipinski definition) is 2. The van der Waals surface area contributed by atoms with Gasteiger partial charge in [0.05, 0.1) is 31.0 Å². The Kier molecular flexibility index (Phi) is 5.55. The van der Waals surface area contributed by atoms with Crippen molar-refractivity contribution in [1.29, 1.82) is 0 Å². The smallest absolute Gasteiger partial charge is 0.374 e. The quantitative estimate of drug-likeness (QED) is 0.687. The molecule has 0 saturated carbocycles. The molecule has 10 heteroatoms. The van der Waals surface area contributed by atoms with E-state index in [1.807, 2.05) is 0 Å². The summed E-state index contributed by atoms with van der Waals surface area (Å²) in [5, 5.41) is 8.98. The zero-order valence-corrected chi connectivity index (χ0v) is 14.6. The van der Waals surface area contributed by atoms with Crippen LogP contribution in [0.15, 0.2) is 46.3 Å². The third kappa shape index (κ3) is 4.54. The summed E-state index contributed by atoms with van der Waals surface area (Å²) in [6.45, 7) is 1.93. The highest BCUT2D eigenvalue weighted by molar-refractivity contribution is 5.94. The number of carbonyl (C=O) groups excluding carboxylic acids is 3. The summed E-state index contributed by atoms with van der Waals surface area (Å²) in [4.78, 5) is 35.6. The third-order valence-corrected chi connectivity index (χ3v) is 3.66. The summed E-state index contributed by atoms with van der Waals surface area (Å²) < 4.78 is 17.2. The zero-order valence-electron chi connectivity index (χ0n) is 14.6. The predicted molar refractivity (Wildman–Crippen MR) is 90.5 cm³/mol. The maximum atomic E-state index is 12.2. The first kappa shape index (κ1) is 18.2. The average molecular weight is 374 g/mol. The van der Waals surface area contributed by atoms with Gasteiger partial charge in [-0.1, -0.05) is 0 Å². The van der Waals surface area contributed by atoms with Crippen LogP contribution in [0.2, 0.25) is 0 Å². The van der Waals surface area contributed by atoms with Gasteiger partial charge in [-0.05, 0) is 25.1 Å². The lowest BCUT2D eigenvalue weighted by Gasteiger charge is -2.20. The maximum absolute atomic E-state index is 12.2. The summed E-state index contributed by atoms with van der Waals surface area (Å²) in [5.74, 6) is -0.760. The SMILES string of the molecule is CCOC(=O)C1=C(COC(=O)c2ccc(Cn3cccn3)o2)NC(=O)NC1. The van der Waals surface area contributed by atoms with E-state index in [4.69, 9.17) is 13.9 Å². The molecule has 0 aliphatic carbocycles. The molecule has 3 heterocycles. The molecule has 1 aliphatic rings. The van der Waals surface area contributed by atoms with E-state index in [9.17, 15) is 14.4 Å². The van der Waals surface area contributed by atoms with E-state index >= 15 is 0 Å². The number of aromatic nitrogens is 2. The van der Waals surface area contributed by atoms with Crippen LogP contribution in [0.25, 0.3) is 0 Å². The minimum absolute atomic E-state index is 0.00762. The lowest BCUT2D eigenvalue weighted by Crippen LogP contribution is -2.45. The van der Waals surface area contributed by atoms with Crippen molar-refractivity contribution >= 4 is 18.0 Å². The highest BCUT2D eigenvalue weighted by Crippen LogP contribution is 2.13. The van der Waals surface area contributed by atoms with Crippen molar-refractivity contribution in [2.75, 3.05) is 19.8 Å². The van der Waals surface area contributed by atoms with Crippen LogP contribution >= 0.6 is 0 Å². The fraction of sp³-hybridized carbons (Fsp3) is 0.294. The summed E-state index contributed by atoms with van der Waals surface area (Å²) >= 11 is 0. The van der Waals surface area contributed by atoms with Gasteiger partial charge in [0.2, 0.25) is 5.76 Å². The molecule has 0 unspecified atom stereocenters. The lowest BCUT2D eigenvalue weighted by atomic mass is 10.2. The molecule has 2 aromatic rings. The number of ether oxygens (including phenoxy) is 2. The van der Waals surface area contributed by atoms with Gasteiger partial charge < -0.3 is 24.5 Å². The number of amides is 2. The molecule has 10 nitrogen and oxygen atoms in total. The number of urea groups is 1. The maximum Gasteiger partial charge on any atom is 0.374 e. The van der Waals surface area contributed by atoms with E-state index < -0.39 is 18.0 Å². The van der Waals surface area contributed by atoms with Gasteiger partial charge in [0.1, 0.15) is 12.4 Å². The number of rotatable bonds is 7. The van der Waals surface area contributed by atoms with Crippen molar-refractivity contribution in [2.24, 2.45) is 0 Å². The molecule has 0 spiro atoms. The van der Waals surface area contributed by atoms with E-state index in [1.54, 1.807) is 36.1 Å². The Hall–Kier alpha value is -3.56. The Labute approximate surface area is 154 Å². The van der Waals surface area contributed by atoms with Crippen LogP contribution in [0.5, 0.6) is 0 Å². The van der Waals surface area contributed by atoms with Crippen LogP contribution in [0.4, 0.5) is 4.79 Å². The average Bonchev–Trinajstić information content (AvgIpc) is 3.32. The van der Waals surface area contributed by atoms with Crippen LogP contribution in [0, 0.1) is 0 Å². The van der Waals surface area contributed by atoms with Crippen LogP contribution in [0.1, 0.15) is 23.2 Å². The highest BCUT2D eigenvalue weighted by atomic mass is 16.5. The topological polar surface area (TPSA) is 125 Å². The van der Waals surface area contributed by atoms with E-state index in [0.717, 1.165) is 0 Å². The van der Waals surface area contributed by atoms with Crippen LogP contribution in [-0.2, 0) is 20.8 Å². The predicted octanol–water partition coefficient (Wildman–Crippen LogP) is 0.811. The molecule has 142 valence electrons. The zero-order chi connectivity index (χ0) is 19.2. The minimum Gasteiger partial charge on any atom is -0.463 e. The molecular formula is C17H18N4O6. The van der Waals surface area contributed by atoms with Crippen LogP contribution < -0.4 is 10.6 Å². The number of esters is 2. The third-order valence-electron chi connectivity index (χ3n) is 3.66. The molecule has 0 aromatic carbocycles. The summed E-state index contributed by atoms with van der Waals surface area (Å²) in [7, 11) is 0. The Morgan fingerprint density at radius 1 is 1.30 bits per heavy atom. The van der Waals surface area contributed by atoms with Gasteiger partial charge in [0, 0.05) is 12.4 Å². The Morgan fingerprint density at radius 2 is 2.15 bits per heavy atom. The molecule has 2 amide bonds. The van der Waals surface area contributed by atoms with Crippen LogP contribution in [0.3, 0.4) is 0 Å². The monoisotopic (exact) mass is 374 g/mol. The minimum atomic E-state index is -0.717. The fourth-order valence-electron chi connectivity index (χ4n) is 2.40. The molecule has 0 fully saturated rings. The summed E-state index contributed by atoms with van der Waals surface area (Å²) in [6.07, 6.45) is 3.41. The molecule has 2 aromatic heterocycles. The van der Waals surface area contributed by atoms with Crippen molar-refractivity contribution in [3.8, 4) is 0 Å². The number of furan rings is 1. The fourth-order valence-corrected chi connectivity index (χ4v) is 2.40. The molecular weight excluding hydrogens is 356 g/mol. The van der Waals surface area contributed by atoms with Crippen molar-refractivity contribution in [3.63, 3.8) is 0 Å². The van der Waals surface area contributed by atoms with Gasteiger partial charge in [-0.2, -0.15) is 5.10 Å². The molecule has 27 heavy (non-hydrogen) atoms. The number of carbonyl (C=O) groups is 3. The molecule has 1 aliphatic heterocycles. The molecule has 0 bridgehead atoms. The highest BCUT2D eigenvalue weighted by Gasteiger charge is 2.25. The van der Waals surface area contributed by atoms with Gasteiger partial charge in [-0.3, -0.25) is 4.68 Å². The number of hydrogen-bond acceptors (Lipinski definition) is 7. The van der Waals surface area contributed by atoms with E-state index in [1.165, 1.54) is 6.07 Å². The Bertz CT molecular complexity index is 868. The second-order valence-corrected chi connectivity index (χ2v) is 5.53. The second kappa shape index (κ2) is 8.21. The molecule has 0 atom stereocenters. The van der Waals surface area contributed by atoms with Crippen molar-refractivity contribution < 1.29 is 28.3 Å². The van der Waals surface area contributed by atoms with E-state index in [2.05, 4.69) is 15.7 Å². The molecule has 3 rings (SSSR count). The first-order chi connectivity index (χ1) is 13.1. The largest absolute Gasteiger partial charge is 0.463 e.